The molecule has 0 saturated heterocycles. The van der Waals surface area contributed by atoms with Gasteiger partial charge in [-0.25, -0.2) is 0 Å². The zero-order valence-corrected chi connectivity index (χ0v) is 9.40. The maximum absolute atomic E-state index is 11.9. The molecule has 2 amide bonds. The molecule has 0 unspecified atom stereocenters. The van der Waals surface area contributed by atoms with Crippen LogP contribution in [0.2, 0.25) is 0 Å². The molecule has 0 N–H and O–H groups in total. The Morgan fingerprint density at radius 2 is 1.76 bits per heavy atom. The number of hydrogen-bond donors (Lipinski definition) is 0. The van der Waals surface area contributed by atoms with Crippen LogP contribution in [0, 0.1) is 12.0 Å². The Morgan fingerprint density at radius 3 is 2.29 bits per heavy atom. The van der Waals surface area contributed by atoms with Gasteiger partial charge in [0.1, 0.15) is 12.7 Å². The summed E-state index contributed by atoms with van der Waals surface area (Å²) in [6, 6.07) is 6.80. The van der Waals surface area contributed by atoms with E-state index in [1.54, 1.807) is 31.2 Å². The van der Waals surface area contributed by atoms with Crippen molar-refractivity contribution in [3.05, 3.63) is 35.4 Å². The van der Waals surface area contributed by atoms with E-state index >= 15 is 0 Å². The second-order valence-corrected chi connectivity index (χ2v) is 3.51. The molecule has 4 heteroatoms. The van der Waals surface area contributed by atoms with E-state index in [-0.39, 0.29) is 25.0 Å². The molecule has 1 aliphatic rings. The quantitative estimate of drug-likeness (QED) is 0.445. The van der Waals surface area contributed by atoms with Gasteiger partial charge in [-0.3, -0.25) is 14.5 Å². The summed E-state index contributed by atoms with van der Waals surface area (Å²) in [4.78, 5) is 25.0. The molecule has 1 heterocycles. The van der Waals surface area contributed by atoms with Crippen LogP contribution in [0.1, 0.15) is 27.6 Å². The highest BCUT2D eigenvalue weighted by Gasteiger charge is 2.34. The highest BCUT2D eigenvalue weighted by Crippen LogP contribution is 2.21. The van der Waals surface area contributed by atoms with Crippen molar-refractivity contribution in [2.75, 3.05) is 13.2 Å². The molecule has 17 heavy (non-hydrogen) atoms. The molecule has 1 aliphatic heterocycles. The number of fused-ring (bicyclic) bond motifs is 1. The lowest BCUT2D eigenvalue weighted by atomic mass is 10.1. The van der Waals surface area contributed by atoms with Crippen LogP contribution in [0.4, 0.5) is 0 Å². The Kier molecular flexibility index (Phi) is 3.10. The molecular formula is C13H11NO3. The van der Waals surface area contributed by atoms with Crippen molar-refractivity contribution in [3.8, 4) is 12.0 Å². The van der Waals surface area contributed by atoms with E-state index < -0.39 is 0 Å². The zero-order valence-electron chi connectivity index (χ0n) is 9.40. The summed E-state index contributed by atoms with van der Waals surface area (Å²) in [7, 11) is 0. The van der Waals surface area contributed by atoms with Crippen LogP contribution < -0.4 is 0 Å². The smallest absolute Gasteiger partial charge is 0.261 e. The van der Waals surface area contributed by atoms with E-state index in [0.29, 0.717) is 11.1 Å². The molecule has 2 rings (SSSR count). The summed E-state index contributed by atoms with van der Waals surface area (Å²) in [5, 5.41) is 0. The monoisotopic (exact) mass is 229 g/mol. The highest BCUT2D eigenvalue weighted by molar-refractivity contribution is 6.21. The van der Waals surface area contributed by atoms with E-state index in [2.05, 4.69) is 12.0 Å². The molecule has 0 aliphatic carbocycles. The number of amides is 2. The molecule has 0 aromatic heterocycles. The average molecular weight is 229 g/mol. The Balaban J connectivity index is 2.10. The van der Waals surface area contributed by atoms with Crippen molar-refractivity contribution in [1.29, 1.82) is 0 Å². The number of carbonyl (C=O) groups is 2. The van der Waals surface area contributed by atoms with Gasteiger partial charge in [0.05, 0.1) is 17.7 Å². The van der Waals surface area contributed by atoms with Crippen molar-refractivity contribution < 1.29 is 14.3 Å². The minimum Gasteiger partial charge on any atom is -0.445 e. The van der Waals surface area contributed by atoms with Crippen LogP contribution in [0.15, 0.2) is 24.3 Å². The summed E-state index contributed by atoms with van der Waals surface area (Å²) in [5.41, 5.74) is 0.915. The fraction of sp³-hybridized carbons (Fsp3) is 0.231. The van der Waals surface area contributed by atoms with Crippen LogP contribution in [-0.2, 0) is 4.74 Å². The van der Waals surface area contributed by atoms with Gasteiger partial charge in [0.15, 0.2) is 0 Å². The third-order valence-corrected chi connectivity index (χ3v) is 2.47. The van der Waals surface area contributed by atoms with E-state index in [0.717, 1.165) is 0 Å². The first-order valence-electron chi connectivity index (χ1n) is 5.24. The van der Waals surface area contributed by atoms with Gasteiger partial charge in [-0.15, -0.1) is 0 Å². The van der Waals surface area contributed by atoms with Crippen LogP contribution in [0.5, 0.6) is 0 Å². The maximum atomic E-state index is 11.9. The minimum absolute atomic E-state index is 0.223. The van der Waals surface area contributed by atoms with Crippen molar-refractivity contribution in [2.24, 2.45) is 0 Å². The van der Waals surface area contributed by atoms with Crippen molar-refractivity contribution in [1.82, 2.24) is 4.90 Å². The predicted octanol–water partition coefficient (Wildman–Crippen LogP) is 1.28. The Hall–Kier alpha value is -2.28. The third kappa shape index (κ3) is 2.00. The van der Waals surface area contributed by atoms with E-state index in [1.807, 2.05) is 0 Å². The van der Waals surface area contributed by atoms with Crippen LogP contribution >= 0.6 is 0 Å². The molecule has 86 valence electrons. The second kappa shape index (κ2) is 4.71. The van der Waals surface area contributed by atoms with Crippen molar-refractivity contribution >= 4 is 11.8 Å². The van der Waals surface area contributed by atoms with Gasteiger partial charge in [-0.1, -0.05) is 18.1 Å². The summed E-state index contributed by atoms with van der Waals surface area (Å²) >= 11 is 0. The van der Waals surface area contributed by atoms with E-state index in [9.17, 15) is 9.59 Å². The van der Waals surface area contributed by atoms with Gasteiger partial charge >= 0.3 is 0 Å². The van der Waals surface area contributed by atoms with E-state index in [1.165, 1.54) is 4.90 Å². The standard InChI is InChI=1S/C13H11NO3/c1-2-8-17-9-7-14-12(15)10-5-3-4-6-11(10)13(14)16/h3-6H,7,9H2,1H3. The van der Waals surface area contributed by atoms with E-state index in [4.69, 9.17) is 4.74 Å². The topological polar surface area (TPSA) is 46.6 Å². The third-order valence-electron chi connectivity index (χ3n) is 2.47. The minimum atomic E-state index is -0.265. The fourth-order valence-electron chi connectivity index (χ4n) is 1.70. The largest absolute Gasteiger partial charge is 0.445 e. The van der Waals surface area contributed by atoms with Gasteiger partial charge in [-0.2, -0.15) is 0 Å². The lowest BCUT2D eigenvalue weighted by Gasteiger charge is -2.11. The Morgan fingerprint density at radius 1 is 1.18 bits per heavy atom. The van der Waals surface area contributed by atoms with Gasteiger partial charge in [0.25, 0.3) is 11.8 Å². The molecule has 0 radical (unpaired) electrons. The first-order chi connectivity index (χ1) is 8.25. The van der Waals surface area contributed by atoms with Crippen molar-refractivity contribution in [2.45, 2.75) is 6.92 Å². The SMILES string of the molecule is CC#COCCN1C(=O)c2ccccc2C1=O. The van der Waals surface area contributed by atoms with Crippen LogP contribution in [0.3, 0.4) is 0 Å². The lowest BCUT2D eigenvalue weighted by molar-refractivity contribution is 0.0624. The molecule has 1 aromatic carbocycles. The van der Waals surface area contributed by atoms with Crippen LogP contribution in [0.25, 0.3) is 0 Å². The van der Waals surface area contributed by atoms with Gasteiger partial charge < -0.3 is 4.74 Å². The zero-order chi connectivity index (χ0) is 12.3. The number of rotatable bonds is 3. The predicted molar refractivity (Wildman–Crippen MR) is 61.2 cm³/mol. The Labute approximate surface area is 99.2 Å². The Bertz CT molecular complexity index is 490. The molecule has 1 aromatic rings. The molecule has 4 nitrogen and oxygen atoms in total. The first kappa shape index (κ1) is 11.2. The normalized spacial score (nSPS) is 13.1. The number of hydrogen-bond acceptors (Lipinski definition) is 3. The van der Waals surface area contributed by atoms with Crippen molar-refractivity contribution in [3.63, 3.8) is 0 Å². The average Bonchev–Trinajstić information content (AvgIpc) is 2.60. The number of imide groups is 1. The van der Waals surface area contributed by atoms with Crippen LogP contribution in [-0.4, -0.2) is 29.9 Å². The molecule has 0 spiro atoms. The number of carbonyl (C=O) groups excluding carboxylic acids is 2. The number of benzene rings is 1. The first-order valence-corrected chi connectivity index (χ1v) is 5.24. The molecule has 0 saturated carbocycles. The maximum Gasteiger partial charge on any atom is 0.261 e. The summed E-state index contributed by atoms with van der Waals surface area (Å²) in [6.45, 7) is 2.11. The van der Waals surface area contributed by atoms with Gasteiger partial charge in [0, 0.05) is 6.92 Å². The number of nitrogens with zero attached hydrogens (tertiary/aromatic N) is 1. The summed E-state index contributed by atoms with van der Waals surface area (Å²) in [6.07, 6.45) is 2.42. The molecule has 0 atom stereocenters. The second-order valence-electron chi connectivity index (χ2n) is 3.51. The highest BCUT2D eigenvalue weighted by atomic mass is 16.5. The summed E-state index contributed by atoms with van der Waals surface area (Å²) in [5.74, 6) is 2.04. The van der Waals surface area contributed by atoms with Gasteiger partial charge in [0.2, 0.25) is 0 Å². The summed E-state index contributed by atoms with van der Waals surface area (Å²) < 4.78 is 4.93. The van der Waals surface area contributed by atoms with Gasteiger partial charge in [-0.05, 0) is 12.1 Å². The molecular weight excluding hydrogens is 218 g/mol. The number of ether oxygens (including phenoxy) is 1. The fourth-order valence-corrected chi connectivity index (χ4v) is 1.70. The molecule has 0 fully saturated rings. The molecule has 0 bridgehead atoms. The lowest BCUT2D eigenvalue weighted by Crippen LogP contribution is -2.32.